The summed E-state index contributed by atoms with van der Waals surface area (Å²) in [6.45, 7) is 5.81. The minimum Gasteiger partial charge on any atom is -0.351 e. The Morgan fingerprint density at radius 2 is 1.77 bits per heavy atom. The summed E-state index contributed by atoms with van der Waals surface area (Å²) in [7, 11) is 0. The van der Waals surface area contributed by atoms with Gasteiger partial charge in [0.2, 0.25) is 0 Å². The molecule has 124 valence electrons. The summed E-state index contributed by atoms with van der Waals surface area (Å²) in [6.07, 6.45) is 6.64. The van der Waals surface area contributed by atoms with Crippen LogP contribution in [-0.2, 0) is 6.54 Å². The van der Waals surface area contributed by atoms with Crippen LogP contribution in [0.25, 0.3) is 0 Å². The lowest BCUT2D eigenvalue weighted by Crippen LogP contribution is -2.39. The number of amides is 1. The zero-order chi connectivity index (χ0) is 15.3. The van der Waals surface area contributed by atoms with Crippen molar-refractivity contribution in [2.24, 2.45) is 17.1 Å². The molecule has 0 saturated heterocycles. The van der Waals surface area contributed by atoms with E-state index >= 15 is 0 Å². The highest BCUT2D eigenvalue weighted by atomic mass is 35.5. The molecule has 0 unspecified atom stereocenters. The topological polar surface area (TPSA) is 55.1 Å². The van der Waals surface area contributed by atoms with Crippen LogP contribution < -0.4 is 11.1 Å². The van der Waals surface area contributed by atoms with Gasteiger partial charge in [0.25, 0.3) is 5.91 Å². The zero-order valence-electron chi connectivity index (χ0n) is 13.7. The fourth-order valence-corrected chi connectivity index (χ4v) is 3.23. The Balaban J connectivity index is 0.00000242. The maximum Gasteiger partial charge on any atom is 0.251 e. The number of hydrogen-bond acceptors (Lipinski definition) is 2. The molecule has 22 heavy (non-hydrogen) atoms. The lowest BCUT2D eigenvalue weighted by molar-refractivity contribution is 0.0899. The van der Waals surface area contributed by atoms with Crippen molar-refractivity contribution < 1.29 is 4.79 Å². The Bertz CT molecular complexity index is 464. The van der Waals surface area contributed by atoms with Gasteiger partial charge in [0, 0.05) is 18.7 Å². The number of carbonyl (C=O) groups is 1. The fraction of sp³-hybridized carbons (Fsp3) is 0.611. The van der Waals surface area contributed by atoms with Gasteiger partial charge in [-0.1, -0.05) is 45.2 Å². The summed E-state index contributed by atoms with van der Waals surface area (Å²) < 4.78 is 0. The second kappa shape index (κ2) is 8.54. The van der Waals surface area contributed by atoms with E-state index in [1.54, 1.807) is 0 Å². The first-order valence-corrected chi connectivity index (χ1v) is 8.10. The third-order valence-electron chi connectivity index (χ3n) is 4.87. The first-order valence-electron chi connectivity index (χ1n) is 8.10. The monoisotopic (exact) mass is 324 g/mol. The van der Waals surface area contributed by atoms with Gasteiger partial charge in [-0.15, -0.1) is 12.4 Å². The molecule has 0 atom stereocenters. The number of halogens is 1. The highest BCUT2D eigenvalue weighted by Crippen LogP contribution is 2.37. The molecular formula is C18H29ClN2O. The van der Waals surface area contributed by atoms with Gasteiger partial charge < -0.3 is 11.1 Å². The predicted octanol–water partition coefficient (Wildman–Crippen LogP) is 3.90. The smallest absolute Gasteiger partial charge is 0.251 e. The lowest BCUT2D eigenvalue weighted by Gasteiger charge is -2.37. The molecule has 0 spiro atoms. The molecule has 1 amide bonds. The number of nitrogens with one attached hydrogen (secondary N) is 1. The Morgan fingerprint density at radius 1 is 1.18 bits per heavy atom. The number of hydrogen-bond donors (Lipinski definition) is 2. The minimum atomic E-state index is 0. The summed E-state index contributed by atoms with van der Waals surface area (Å²) in [5.74, 6) is 0.744. The lowest BCUT2D eigenvalue weighted by atomic mass is 9.71. The van der Waals surface area contributed by atoms with Crippen LogP contribution in [-0.4, -0.2) is 12.5 Å². The molecule has 0 heterocycles. The van der Waals surface area contributed by atoms with Crippen LogP contribution in [0.1, 0.15) is 61.9 Å². The van der Waals surface area contributed by atoms with E-state index in [2.05, 4.69) is 19.2 Å². The van der Waals surface area contributed by atoms with Crippen molar-refractivity contribution in [3.05, 3.63) is 35.4 Å². The Labute approximate surface area is 140 Å². The van der Waals surface area contributed by atoms with E-state index < -0.39 is 0 Å². The maximum absolute atomic E-state index is 12.2. The molecular weight excluding hydrogens is 296 g/mol. The molecule has 3 nitrogen and oxygen atoms in total. The van der Waals surface area contributed by atoms with Crippen LogP contribution in [0.2, 0.25) is 0 Å². The molecule has 0 aliphatic heterocycles. The molecule has 0 radical (unpaired) electrons. The molecule has 0 bridgehead atoms. The van der Waals surface area contributed by atoms with E-state index in [0.717, 1.165) is 18.0 Å². The van der Waals surface area contributed by atoms with Crippen LogP contribution in [0.4, 0.5) is 0 Å². The quantitative estimate of drug-likeness (QED) is 0.863. The highest BCUT2D eigenvalue weighted by molar-refractivity contribution is 5.94. The summed E-state index contributed by atoms with van der Waals surface area (Å²) in [6, 6.07) is 7.54. The van der Waals surface area contributed by atoms with Crippen LogP contribution in [0, 0.1) is 11.3 Å². The summed E-state index contributed by atoms with van der Waals surface area (Å²) in [5.41, 5.74) is 7.51. The standard InChI is InChI=1S/C18H28N2O.ClH/c1-18(2,16-6-4-3-5-7-16)13-20-17(21)15-10-8-14(12-19)9-11-15;/h8-11,16H,3-7,12-13,19H2,1-2H3,(H,20,21);1H. The fourth-order valence-electron chi connectivity index (χ4n) is 3.23. The first-order chi connectivity index (χ1) is 10.0. The van der Waals surface area contributed by atoms with Gasteiger partial charge >= 0.3 is 0 Å². The van der Waals surface area contributed by atoms with Crippen molar-refractivity contribution >= 4 is 18.3 Å². The Kier molecular flexibility index (Phi) is 7.37. The molecule has 0 aromatic heterocycles. The van der Waals surface area contributed by atoms with Crippen molar-refractivity contribution in [2.45, 2.75) is 52.5 Å². The van der Waals surface area contributed by atoms with E-state index in [4.69, 9.17) is 5.73 Å². The van der Waals surface area contributed by atoms with Crippen molar-refractivity contribution in [3.63, 3.8) is 0 Å². The number of benzene rings is 1. The van der Waals surface area contributed by atoms with E-state index in [0.29, 0.717) is 12.1 Å². The van der Waals surface area contributed by atoms with Crippen molar-refractivity contribution in [2.75, 3.05) is 6.54 Å². The molecule has 3 N–H and O–H groups in total. The van der Waals surface area contributed by atoms with Gasteiger partial charge in [0.05, 0.1) is 0 Å². The Morgan fingerprint density at radius 3 is 2.32 bits per heavy atom. The Hall–Kier alpha value is -1.06. The van der Waals surface area contributed by atoms with Gasteiger partial charge in [-0.05, 0) is 41.9 Å². The third kappa shape index (κ3) is 4.99. The predicted molar refractivity (Wildman–Crippen MR) is 94.3 cm³/mol. The number of rotatable bonds is 5. The molecule has 1 aromatic rings. The maximum atomic E-state index is 12.2. The van der Waals surface area contributed by atoms with Crippen LogP contribution in [0.3, 0.4) is 0 Å². The molecule has 1 aromatic carbocycles. The van der Waals surface area contributed by atoms with Crippen molar-refractivity contribution in [1.29, 1.82) is 0 Å². The second-order valence-corrected chi connectivity index (χ2v) is 6.91. The number of carbonyl (C=O) groups excluding carboxylic acids is 1. The molecule has 1 aliphatic rings. The van der Waals surface area contributed by atoms with Gasteiger partial charge in [-0.25, -0.2) is 0 Å². The third-order valence-corrected chi connectivity index (χ3v) is 4.87. The minimum absolute atomic E-state index is 0. The summed E-state index contributed by atoms with van der Waals surface area (Å²) in [5, 5.41) is 3.10. The van der Waals surface area contributed by atoms with Crippen molar-refractivity contribution in [3.8, 4) is 0 Å². The highest BCUT2D eigenvalue weighted by Gasteiger charge is 2.30. The van der Waals surface area contributed by atoms with Crippen LogP contribution in [0.5, 0.6) is 0 Å². The second-order valence-electron chi connectivity index (χ2n) is 6.91. The normalized spacial score (nSPS) is 16.0. The molecule has 2 rings (SSSR count). The summed E-state index contributed by atoms with van der Waals surface area (Å²) >= 11 is 0. The molecule has 1 aliphatic carbocycles. The molecule has 1 fully saturated rings. The largest absolute Gasteiger partial charge is 0.351 e. The van der Waals surface area contributed by atoms with E-state index in [1.165, 1.54) is 32.1 Å². The van der Waals surface area contributed by atoms with Gasteiger partial charge in [0.15, 0.2) is 0 Å². The number of nitrogens with two attached hydrogens (primary N) is 1. The SMILES string of the molecule is CC(C)(CNC(=O)c1ccc(CN)cc1)C1CCCCC1.Cl. The average Bonchev–Trinajstić information content (AvgIpc) is 2.53. The van der Waals surface area contributed by atoms with E-state index in [-0.39, 0.29) is 23.7 Å². The van der Waals surface area contributed by atoms with Gasteiger partial charge in [0.1, 0.15) is 0 Å². The van der Waals surface area contributed by atoms with Crippen molar-refractivity contribution in [1.82, 2.24) is 5.32 Å². The van der Waals surface area contributed by atoms with E-state index in [1.807, 2.05) is 24.3 Å². The zero-order valence-corrected chi connectivity index (χ0v) is 14.5. The molecule has 4 heteroatoms. The van der Waals surface area contributed by atoms with Crippen LogP contribution >= 0.6 is 12.4 Å². The van der Waals surface area contributed by atoms with Gasteiger partial charge in [-0.3, -0.25) is 4.79 Å². The molecule has 1 saturated carbocycles. The van der Waals surface area contributed by atoms with Gasteiger partial charge in [-0.2, -0.15) is 0 Å². The first kappa shape index (κ1) is 19.0. The average molecular weight is 325 g/mol. The van der Waals surface area contributed by atoms with E-state index in [9.17, 15) is 4.79 Å². The van der Waals surface area contributed by atoms with Crippen LogP contribution in [0.15, 0.2) is 24.3 Å². The summed E-state index contributed by atoms with van der Waals surface area (Å²) in [4.78, 5) is 12.2.